The van der Waals surface area contributed by atoms with Gasteiger partial charge in [0.2, 0.25) is 0 Å². The second-order valence-electron chi connectivity index (χ2n) is 8.20. The van der Waals surface area contributed by atoms with Crippen LogP contribution in [0.15, 0.2) is 27.8 Å². The van der Waals surface area contributed by atoms with E-state index in [0.29, 0.717) is 6.54 Å². The second kappa shape index (κ2) is 10.6. The van der Waals surface area contributed by atoms with E-state index in [9.17, 15) is 0 Å². The highest BCUT2D eigenvalue weighted by Gasteiger charge is 2.24. The van der Waals surface area contributed by atoms with E-state index >= 15 is 0 Å². The molecule has 1 saturated heterocycles. The van der Waals surface area contributed by atoms with Crippen LogP contribution in [-0.4, -0.2) is 51.8 Å². The van der Waals surface area contributed by atoms with Gasteiger partial charge in [-0.25, -0.2) is 4.99 Å². The average molecular weight is 414 g/mol. The summed E-state index contributed by atoms with van der Waals surface area (Å²) < 4.78 is 8.03. The van der Waals surface area contributed by atoms with Crippen molar-refractivity contribution in [3.63, 3.8) is 0 Å². The maximum atomic E-state index is 5.77. The third-order valence-corrected chi connectivity index (χ3v) is 6.07. The molecule has 164 valence electrons. The summed E-state index contributed by atoms with van der Waals surface area (Å²) in [6, 6.07) is 4.27. The van der Waals surface area contributed by atoms with E-state index in [1.165, 1.54) is 38.5 Å². The molecule has 8 nitrogen and oxygen atoms in total. The Bertz CT molecular complexity index is 793. The van der Waals surface area contributed by atoms with Crippen LogP contribution >= 0.6 is 0 Å². The molecule has 2 aliphatic rings. The maximum absolute atomic E-state index is 5.77. The minimum atomic E-state index is 0.216. The van der Waals surface area contributed by atoms with Crippen LogP contribution in [0.2, 0.25) is 0 Å². The quantitative estimate of drug-likeness (QED) is 0.536. The summed E-state index contributed by atoms with van der Waals surface area (Å²) in [5.41, 5.74) is 0. The first-order valence-electron chi connectivity index (χ1n) is 11.6. The summed E-state index contributed by atoms with van der Waals surface area (Å²) >= 11 is 0. The van der Waals surface area contributed by atoms with Gasteiger partial charge < -0.3 is 19.6 Å². The number of rotatable bonds is 7. The normalized spacial score (nSPS) is 19.2. The van der Waals surface area contributed by atoms with Crippen LogP contribution < -0.4 is 10.6 Å². The second-order valence-corrected chi connectivity index (χ2v) is 8.20. The van der Waals surface area contributed by atoms with Crippen molar-refractivity contribution in [2.75, 3.05) is 26.2 Å². The zero-order chi connectivity index (χ0) is 20.6. The van der Waals surface area contributed by atoms with E-state index in [4.69, 9.17) is 9.41 Å². The number of aliphatic imine (C=N–C) groups is 1. The Hall–Kier alpha value is -2.35. The molecule has 0 aliphatic carbocycles. The van der Waals surface area contributed by atoms with Crippen LogP contribution in [0.3, 0.4) is 0 Å². The van der Waals surface area contributed by atoms with E-state index in [1.807, 2.05) is 6.07 Å². The van der Waals surface area contributed by atoms with Crippen molar-refractivity contribution >= 4 is 5.96 Å². The average Bonchev–Trinajstić information content (AvgIpc) is 3.38. The van der Waals surface area contributed by atoms with Crippen LogP contribution in [-0.2, 0) is 19.5 Å². The summed E-state index contributed by atoms with van der Waals surface area (Å²) in [7, 11) is 0. The Kier molecular flexibility index (Phi) is 7.39. The molecule has 2 aromatic rings. The van der Waals surface area contributed by atoms with Gasteiger partial charge in [-0.15, -0.1) is 10.2 Å². The molecule has 0 spiro atoms. The van der Waals surface area contributed by atoms with Crippen LogP contribution in [0.5, 0.6) is 0 Å². The molecule has 0 aromatic carbocycles. The number of nitrogens with one attached hydrogen (secondary N) is 2. The third kappa shape index (κ3) is 5.22. The number of aryl methyl sites for hydroxylation is 1. The van der Waals surface area contributed by atoms with Crippen LogP contribution in [0.4, 0.5) is 0 Å². The lowest BCUT2D eigenvalue weighted by molar-refractivity contribution is 0.146. The van der Waals surface area contributed by atoms with Crippen LogP contribution in [0, 0.1) is 0 Å². The Morgan fingerprint density at radius 3 is 2.73 bits per heavy atom. The van der Waals surface area contributed by atoms with Gasteiger partial charge >= 0.3 is 0 Å². The van der Waals surface area contributed by atoms with Gasteiger partial charge in [0.25, 0.3) is 0 Å². The van der Waals surface area contributed by atoms with E-state index in [-0.39, 0.29) is 6.04 Å². The molecule has 8 heteroatoms. The van der Waals surface area contributed by atoms with Crippen LogP contribution in [0.25, 0.3) is 0 Å². The highest BCUT2D eigenvalue weighted by molar-refractivity contribution is 5.79. The number of likely N-dealkylation sites (tertiary alicyclic amines) is 1. The van der Waals surface area contributed by atoms with E-state index < -0.39 is 0 Å². The molecular weight excluding hydrogens is 378 g/mol. The standard InChI is InChI=1S/C22H35N7O/c1-2-23-22(25-17-21-27-26-20-11-5-3-8-14-29(20)21)24-16-18(19-10-9-15-30-19)28-12-6-4-7-13-28/h9-10,15,18H,2-8,11-14,16-17H2,1H3,(H2,23,24,25). The SMILES string of the molecule is CCNC(=NCc1nnc2n1CCCCC2)NCC(c1ccco1)N1CCCCC1. The van der Waals surface area contributed by atoms with E-state index in [1.54, 1.807) is 6.26 Å². The lowest BCUT2D eigenvalue weighted by atomic mass is 10.1. The molecule has 4 rings (SSSR count). The van der Waals surface area contributed by atoms with Crippen molar-refractivity contribution in [2.45, 2.75) is 71.0 Å². The van der Waals surface area contributed by atoms with E-state index in [0.717, 1.165) is 62.5 Å². The predicted octanol–water partition coefficient (Wildman–Crippen LogP) is 2.88. The van der Waals surface area contributed by atoms with Gasteiger partial charge in [-0.05, 0) is 57.8 Å². The van der Waals surface area contributed by atoms with Gasteiger partial charge in [0.05, 0.1) is 12.3 Å². The van der Waals surface area contributed by atoms with Gasteiger partial charge in [0, 0.05) is 26.1 Å². The molecule has 1 atom stereocenters. The highest BCUT2D eigenvalue weighted by atomic mass is 16.3. The summed E-state index contributed by atoms with van der Waals surface area (Å²) in [6.45, 7) is 7.45. The summed E-state index contributed by atoms with van der Waals surface area (Å²) in [5, 5.41) is 15.7. The van der Waals surface area contributed by atoms with Crippen molar-refractivity contribution < 1.29 is 4.42 Å². The molecule has 30 heavy (non-hydrogen) atoms. The first kappa shape index (κ1) is 20.9. The molecule has 2 aliphatic heterocycles. The molecular formula is C22H35N7O. The first-order chi connectivity index (χ1) is 14.8. The Labute approximate surface area is 179 Å². The number of hydrogen-bond acceptors (Lipinski definition) is 5. The molecule has 0 saturated carbocycles. The first-order valence-corrected chi connectivity index (χ1v) is 11.6. The van der Waals surface area contributed by atoms with Crippen molar-refractivity contribution in [2.24, 2.45) is 4.99 Å². The minimum absolute atomic E-state index is 0.216. The van der Waals surface area contributed by atoms with E-state index in [2.05, 4.69) is 43.3 Å². The van der Waals surface area contributed by atoms with Gasteiger partial charge in [0.15, 0.2) is 11.8 Å². The van der Waals surface area contributed by atoms with Crippen molar-refractivity contribution in [3.05, 3.63) is 35.8 Å². The molecule has 2 aromatic heterocycles. The number of furan rings is 1. The topological polar surface area (TPSA) is 83.5 Å². The van der Waals surface area contributed by atoms with Crippen molar-refractivity contribution in [3.8, 4) is 0 Å². The third-order valence-electron chi connectivity index (χ3n) is 6.07. The van der Waals surface area contributed by atoms with Gasteiger partial charge in [-0.2, -0.15) is 0 Å². The molecule has 0 amide bonds. The predicted molar refractivity (Wildman–Crippen MR) is 117 cm³/mol. The number of piperidine rings is 1. The van der Waals surface area contributed by atoms with Gasteiger partial charge in [-0.1, -0.05) is 12.8 Å². The Morgan fingerprint density at radius 2 is 1.93 bits per heavy atom. The largest absolute Gasteiger partial charge is 0.468 e. The molecule has 0 radical (unpaired) electrons. The Balaban J connectivity index is 1.42. The molecule has 0 bridgehead atoms. The smallest absolute Gasteiger partial charge is 0.191 e. The zero-order valence-corrected chi connectivity index (χ0v) is 18.1. The fourth-order valence-electron chi connectivity index (χ4n) is 4.47. The number of hydrogen-bond donors (Lipinski definition) is 2. The number of nitrogens with zero attached hydrogens (tertiary/aromatic N) is 5. The van der Waals surface area contributed by atoms with Gasteiger partial charge in [-0.3, -0.25) is 4.90 Å². The van der Waals surface area contributed by atoms with Crippen LogP contribution in [0.1, 0.15) is 68.9 Å². The molecule has 4 heterocycles. The maximum Gasteiger partial charge on any atom is 0.191 e. The van der Waals surface area contributed by atoms with Crippen molar-refractivity contribution in [1.82, 2.24) is 30.3 Å². The number of guanidine groups is 1. The molecule has 1 fully saturated rings. The lowest BCUT2D eigenvalue weighted by Crippen LogP contribution is -2.44. The van der Waals surface area contributed by atoms with Crippen molar-refractivity contribution in [1.29, 1.82) is 0 Å². The fourth-order valence-corrected chi connectivity index (χ4v) is 4.47. The fraction of sp³-hybridized carbons (Fsp3) is 0.682. The summed E-state index contributed by atoms with van der Waals surface area (Å²) in [5.74, 6) is 3.90. The zero-order valence-electron chi connectivity index (χ0n) is 18.1. The lowest BCUT2D eigenvalue weighted by Gasteiger charge is -2.33. The summed E-state index contributed by atoms with van der Waals surface area (Å²) in [4.78, 5) is 7.34. The monoisotopic (exact) mass is 413 g/mol. The minimum Gasteiger partial charge on any atom is -0.468 e. The number of aromatic nitrogens is 3. The van der Waals surface area contributed by atoms with Gasteiger partial charge in [0.1, 0.15) is 18.1 Å². The Morgan fingerprint density at radius 1 is 1.10 bits per heavy atom. The molecule has 2 N–H and O–H groups in total. The number of fused-ring (bicyclic) bond motifs is 1. The summed E-state index contributed by atoms with van der Waals surface area (Å²) in [6.07, 6.45) is 10.3. The highest BCUT2D eigenvalue weighted by Crippen LogP contribution is 2.24. The molecule has 1 unspecified atom stereocenters.